The Hall–Kier alpha value is -0.830. The molecule has 15 heavy (non-hydrogen) atoms. The summed E-state index contributed by atoms with van der Waals surface area (Å²) >= 11 is 0. The molecule has 0 bridgehead atoms. The molecule has 0 aliphatic rings. The molecule has 0 atom stereocenters. The summed E-state index contributed by atoms with van der Waals surface area (Å²) in [6.45, 7) is 10.8. The van der Waals surface area contributed by atoms with Crippen molar-refractivity contribution in [3.05, 3.63) is 11.1 Å². The fourth-order valence-corrected chi connectivity index (χ4v) is 1.74. The van der Waals surface area contributed by atoms with E-state index >= 15 is 0 Å². The van der Waals surface area contributed by atoms with Gasteiger partial charge in [0.05, 0.1) is 0 Å². The third-order valence-electron chi connectivity index (χ3n) is 2.37. The van der Waals surface area contributed by atoms with Gasteiger partial charge in [-0.15, -0.1) is 0 Å². The zero-order valence-corrected chi connectivity index (χ0v) is 10.5. The minimum absolute atomic E-state index is 0.0145. The van der Waals surface area contributed by atoms with Crippen molar-refractivity contribution >= 4 is 5.97 Å². The van der Waals surface area contributed by atoms with Crippen molar-refractivity contribution < 1.29 is 9.53 Å². The second-order valence-electron chi connectivity index (χ2n) is 4.63. The van der Waals surface area contributed by atoms with Crippen LogP contribution in [0.3, 0.4) is 0 Å². The van der Waals surface area contributed by atoms with Crippen LogP contribution in [-0.4, -0.2) is 19.1 Å². The maximum absolute atomic E-state index is 11.6. The fourth-order valence-electron chi connectivity index (χ4n) is 1.74. The summed E-state index contributed by atoms with van der Waals surface area (Å²) in [5.74, 6) is -0.243. The minimum Gasteiger partial charge on any atom is -0.461 e. The largest absolute Gasteiger partial charge is 0.461 e. The molecule has 0 heterocycles. The number of rotatable bonds is 4. The highest BCUT2D eigenvalue weighted by molar-refractivity contribution is 5.88. The molecular weight excluding hydrogens is 190 g/mol. The van der Waals surface area contributed by atoms with E-state index in [1.807, 2.05) is 6.92 Å². The summed E-state index contributed by atoms with van der Waals surface area (Å²) in [7, 11) is 0. The summed E-state index contributed by atoms with van der Waals surface area (Å²) in [5, 5.41) is 0. The third-order valence-corrected chi connectivity index (χ3v) is 2.37. The first-order chi connectivity index (χ1) is 6.84. The normalized spacial score (nSPS) is 13.5. The molecule has 0 aromatic rings. The van der Waals surface area contributed by atoms with E-state index in [-0.39, 0.29) is 18.0 Å². The van der Waals surface area contributed by atoms with Crippen molar-refractivity contribution in [3.63, 3.8) is 0 Å². The average molecular weight is 213 g/mol. The third kappa shape index (κ3) is 4.47. The van der Waals surface area contributed by atoms with Gasteiger partial charge in [0.1, 0.15) is 6.61 Å². The average Bonchev–Trinajstić information content (AvgIpc) is 2.12. The highest BCUT2D eigenvalue weighted by Gasteiger charge is 2.21. The molecular formula is C12H23NO2. The lowest BCUT2D eigenvalue weighted by atomic mass is 9.82. The molecule has 88 valence electrons. The Labute approximate surface area is 92.7 Å². The van der Waals surface area contributed by atoms with E-state index in [0.717, 1.165) is 17.6 Å². The van der Waals surface area contributed by atoms with Gasteiger partial charge in [-0.1, -0.05) is 33.3 Å². The van der Waals surface area contributed by atoms with Gasteiger partial charge >= 0.3 is 5.97 Å². The van der Waals surface area contributed by atoms with Crippen LogP contribution in [0, 0.1) is 5.41 Å². The first kappa shape index (κ1) is 14.2. The van der Waals surface area contributed by atoms with E-state index in [1.165, 1.54) is 0 Å². The topological polar surface area (TPSA) is 52.3 Å². The van der Waals surface area contributed by atoms with Gasteiger partial charge in [-0.2, -0.15) is 0 Å². The Morgan fingerprint density at radius 2 is 1.87 bits per heavy atom. The van der Waals surface area contributed by atoms with Crippen LogP contribution in [0.15, 0.2) is 11.1 Å². The van der Waals surface area contributed by atoms with Crippen LogP contribution >= 0.6 is 0 Å². The predicted octanol–water partition coefficient (Wildman–Crippen LogP) is 2.26. The number of esters is 1. The Kier molecular flexibility index (Phi) is 5.58. The fraction of sp³-hybridized carbons (Fsp3) is 0.750. The van der Waals surface area contributed by atoms with Gasteiger partial charge in [0, 0.05) is 12.1 Å². The lowest BCUT2D eigenvalue weighted by Crippen LogP contribution is -2.19. The second-order valence-corrected chi connectivity index (χ2v) is 4.63. The van der Waals surface area contributed by atoms with Gasteiger partial charge in [0.25, 0.3) is 0 Å². The van der Waals surface area contributed by atoms with E-state index in [2.05, 4.69) is 27.7 Å². The Morgan fingerprint density at radius 3 is 2.20 bits per heavy atom. The van der Waals surface area contributed by atoms with Crippen molar-refractivity contribution in [1.29, 1.82) is 0 Å². The van der Waals surface area contributed by atoms with Crippen molar-refractivity contribution in [2.75, 3.05) is 13.2 Å². The molecule has 0 spiro atoms. The van der Waals surface area contributed by atoms with Gasteiger partial charge in [-0.3, -0.25) is 0 Å². The molecule has 0 saturated carbocycles. The zero-order valence-electron chi connectivity index (χ0n) is 10.5. The first-order valence-electron chi connectivity index (χ1n) is 5.42. The van der Waals surface area contributed by atoms with Gasteiger partial charge in [0.2, 0.25) is 0 Å². The molecule has 0 aromatic heterocycles. The first-order valence-corrected chi connectivity index (χ1v) is 5.42. The molecule has 0 saturated heterocycles. The number of allylic oxidation sites excluding steroid dienone is 1. The van der Waals surface area contributed by atoms with Crippen LogP contribution in [-0.2, 0) is 9.53 Å². The molecule has 0 rings (SSSR count). The summed E-state index contributed by atoms with van der Waals surface area (Å²) < 4.78 is 5.01. The van der Waals surface area contributed by atoms with Crippen molar-refractivity contribution in [3.8, 4) is 0 Å². The number of hydrogen-bond donors (Lipinski definition) is 1. The number of nitrogens with two attached hydrogens (primary N) is 1. The smallest absolute Gasteiger partial charge is 0.333 e. The van der Waals surface area contributed by atoms with Gasteiger partial charge in [-0.05, 0) is 18.8 Å². The van der Waals surface area contributed by atoms with Crippen LogP contribution in [0.25, 0.3) is 0 Å². The highest BCUT2D eigenvalue weighted by atomic mass is 16.5. The lowest BCUT2D eigenvalue weighted by molar-refractivity contribution is -0.138. The molecule has 0 fully saturated rings. The molecule has 3 nitrogen and oxygen atoms in total. The molecule has 0 aromatic carbocycles. The zero-order chi connectivity index (χ0) is 12.1. The van der Waals surface area contributed by atoms with Crippen LogP contribution < -0.4 is 5.73 Å². The number of carbonyl (C=O) groups excluding carboxylic acids is 1. The lowest BCUT2D eigenvalue weighted by Gasteiger charge is -2.24. The summed E-state index contributed by atoms with van der Waals surface area (Å²) in [5.41, 5.74) is 7.16. The van der Waals surface area contributed by atoms with Crippen LogP contribution in [0.1, 0.15) is 41.0 Å². The summed E-state index contributed by atoms with van der Waals surface area (Å²) in [4.78, 5) is 11.6. The quantitative estimate of drug-likeness (QED) is 0.575. The SMILES string of the molecule is CCC(=C(C)C(=O)OCCN)C(C)(C)C. The molecule has 2 N–H and O–H groups in total. The van der Waals surface area contributed by atoms with Crippen molar-refractivity contribution in [2.24, 2.45) is 11.1 Å². The van der Waals surface area contributed by atoms with Crippen LogP contribution in [0.2, 0.25) is 0 Å². The minimum atomic E-state index is -0.243. The van der Waals surface area contributed by atoms with Crippen LogP contribution in [0.4, 0.5) is 0 Å². The number of ether oxygens (including phenoxy) is 1. The van der Waals surface area contributed by atoms with Crippen molar-refractivity contribution in [2.45, 2.75) is 41.0 Å². The van der Waals surface area contributed by atoms with Crippen molar-refractivity contribution in [1.82, 2.24) is 0 Å². The molecule has 0 unspecified atom stereocenters. The van der Waals surface area contributed by atoms with Crippen LogP contribution in [0.5, 0.6) is 0 Å². The van der Waals surface area contributed by atoms with Gasteiger partial charge in [-0.25, -0.2) is 4.79 Å². The maximum Gasteiger partial charge on any atom is 0.333 e. The number of hydrogen-bond acceptors (Lipinski definition) is 3. The number of carbonyl (C=O) groups is 1. The standard InChI is InChI=1S/C12H23NO2/c1-6-10(12(3,4)5)9(2)11(14)15-8-7-13/h6-8,13H2,1-5H3. The monoisotopic (exact) mass is 213 g/mol. The maximum atomic E-state index is 11.6. The Balaban J connectivity index is 4.80. The van der Waals surface area contributed by atoms with E-state index < -0.39 is 0 Å². The highest BCUT2D eigenvalue weighted by Crippen LogP contribution is 2.30. The van der Waals surface area contributed by atoms with E-state index in [4.69, 9.17) is 10.5 Å². The molecule has 0 amide bonds. The van der Waals surface area contributed by atoms with Gasteiger partial charge in [0.15, 0.2) is 0 Å². The van der Waals surface area contributed by atoms with E-state index in [0.29, 0.717) is 6.54 Å². The predicted molar refractivity (Wildman–Crippen MR) is 62.5 cm³/mol. The Bertz CT molecular complexity index is 249. The second kappa shape index (κ2) is 5.91. The Morgan fingerprint density at radius 1 is 1.33 bits per heavy atom. The molecule has 0 aliphatic heterocycles. The molecule has 0 aliphatic carbocycles. The van der Waals surface area contributed by atoms with Gasteiger partial charge < -0.3 is 10.5 Å². The van der Waals surface area contributed by atoms with E-state index in [1.54, 1.807) is 0 Å². The molecule has 0 radical (unpaired) electrons. The summed E-state index contributed by atoms with van der Waals surface area (Å²) in [6.07, 6.45) is 0.868. The van der Waals surface area contributed by atoms with E-state index in [9.17, 15) is 4.79 Å². The summed E-state index contributed by atoms with van der Waals surface area (Å²) in [6, 6.07) is 0. The molecule has 3 heteroatoms.